The second-order valence-corrected chi connectivity index (χ2v) is 7.58. The van der Waals surface area contributed by atoms with E-state index >= 15 is 0 Å². The second kappa shape index (κ2) is 6.82. The van der Waals surface area contributed by atoms with Crippen LogP contribution in [0.5, 0.6) is 0 Å². The molecule has 138 valence electrons. The molecule has 0 aliphatic carbocycles. The van der Waals surface area contributed by atoms with Crippen LogP contribution in [0.2, 0.25) is 0 Å². The topological polar surface area (TPSA) is 93.1 Å². The minimum Gasteiger partial charge on any atom is -0.381 e. The summed E-state index contributed by atoms with van der Waals surface area (Å²) in [5.41, 5.74) is 2.76. The lowest BCUT2D eigenvalue weighted by atomic mass is 10.1. The zero-order valence-corrected chi connectivity index (χ0v) is 15.4. The van der Waals surface area contributed by atoms with E-state index in [0.717, 1.165) is 47.8 Å². The first-order valence-corrected chi connectivity index (χ1v) is 9.83. The smallest absolute Gasteiger partial charge is 0.280 e. The number of hydrogen-bond acceptors (Lipinski definition) is 8. The fourth-order valence-electron chi connectivity index (χ4n) is 3.55. The van der Waals surface area contributed by atoms with Crippen LogP contribution in [-0.4, -0.2) is 51.6 Å². The summed E-state index contributed by atoms with van der Waals surface area (Å²) in [5.74, 6) is 0.576. The molecule has 1 saturated heterocycles. The Bertz CT molecular complexity index is 1000. The van der Waals surface area contributed by atoms with Gasteiger partial charge in [-0.05, 0) is 25.0 Å². The van der Waals surface area contributed by atoms with E-state index in [4.69, 9.17) is 4.74 Å². The number of carbonyl (C=O) groups excluding carboxylic acids is 1. The molecule has 0 radical (unpaired) electrons. The Hall–Kier alpha value is -2.65. The molecular weight excluding hydrogens is 364 g/mol. The molecular formula is C18H18N6O2S. The van der Waals surface area contributed by atoms with Crippen molar-refractivity contribution in [3.63, 3.8) is 0 Å². The molecule has 0 aromatic carbocycles. The zero-order chi connectivity index (χ0) is 18.2. The molecule has 8 nitrogen and oxygen atoms in total. The predicted octanol–water partition coefficient (Wildman–Crippen LogP) is 2.08. The summed E-state index contributed by atoms with van der Waals surface area (Å²) in [6.45, 7) is 2.16. The number of aromatic nitrogens is 4. The molecule has 0 atom stereocenters. The molecule has 0 spiro atoms. The minimum absolute atomic E-state index is 0.139. The molecule has 2 aliphatic rings. The summed E-state index contributed by atoms with van der Waals surface area (Å²) < 4.78 is 5.34. The SMILES string of the molecule is O=C(NC1CCOCC1)c1nc2c(N3CCc4ncccc43)ncnc2s1. The third kappa shape index (κ3) is 3.02. The number of anilines is 2. The number of fused-ring (bicyclic) bond motifs is 2. The van der Waals surface area contributed by atoms with Gasteiger partial charge in [0.25, 0.3) is 5.91 Å². The van der Waals surface area contributed by atoms with Crippen LogP contribution in [0.25, 0.3) is 10.3 Å². The van der Waals surface area contributed by atoms with Gasteiger partial charge in [0.1, 0.15) is 16.7 Å². The largest absolute Gasteiger partial charge is 0.381 e. The summed E-state index contributed by atoms with van der Waals surface area (Å²) in [6, 6.07) is 4.10. The van der Waals surface area contributed by atoms with Crippen molar-refractivity contribution < 1.29 is 9.53 Å². The maximum absolute atomic E-state index is 12.6. The van der Waals surface area contributed by atoms with Crippen molar-refractivity contribution in [2.75, 3.05) is 24.7 Å². The first-order chi connectivity index (χ1) is 13.3. The first kappa shape index (κ1) is 16.5. The highest BCUT2D eigenvalue weighted by Gasteiger charge is 2.26. The van der Waals surface area contributed by atoms with Crippen LogP contribution in [0.4, 0.5) is 11.5 Å². The lowest BCUT2D eigenvalue weighted by Gasteiger charge is -2.22. The van der Waals surface area contributed by atoms with Gasteiger partial charge in [0.2, 0.25) is 0 Å². The van der Waals surface area contributed by atoms with Crippen LogP contribution in [-0.2, 0) is 11.2 Å². The number of thiazole rings is 1. The molecule has 3 aromatic rings. The van der Waals surface area contributed by atoms with Gasteiger partial charge in [-0.25, -0.2) is 15.0 Å². The molecule has 9 heteroatoms. The van der Waals surface area contributed by atoms with Gasteiger partial charge in [0, 0.05) is 38.4 Å². The van der Waals surface area contributed by atoms with Crippen molar-refractivity contribution in [2.24, 2.45) is 0 Å². The Balaban J connectivity index is 1.46. The van der Waals surface area contributed by atoms with E-state index in [9.17, 15) is 4.79 Å². The van der Waals surface area contributed by atoms with Crippen LogP contribution >= 0.6 is 11.3 Å². The van der Waals surface area contributed by atoms with Crippen molar-refractivity contribution in [2.45, 2.75) is 25.3 Å². The number of ether oxygens (including phenoxy) is 1. The number of pyridine rings is 1. The monoisotopic (exact) mass is 382 g/mol. The molecule has 27 heavy (non-hydrogen) atoms. The van der Waals surface area contributed by atoms with Crippen molar-refractivity contribution in [3.05, 3.63) is 35.4 Å². The molecule has 0 saturated carbocycles. The number of rotatable bonds is 3. The summed E-state index contributed by atoms with van der Waals surface area (Å²) in [7, 11) is 0. The number of amides is 1. The Morgan fingerprint density at radius 3 is 3.04 bits per heavy atom. The Labute approximate surface area is 159 Å². The lowest BCUT2D eigenvalue weighted by Crippen LogP contribution is -2.38. The number of hydrogen-bond donors (Lipinski definition) is 1. The Morgan fingerprint density at radius 1 is 1.26 bits per heavy atom. The van der Waals surface area contributed by atoms with Gasteiger partial charge in [0.05, 0.1) is 11.4 Å². The van der Waals surface area contributed by atoms with E-state index < -0.39 is 0 Å². The zero-order valence-electron chi connectivity index (χ0n) is 14.6. The Kier molecular flexibility index (Phi) is 4.17. The molecule has 5 rings (SSSR count). The summed E-state index contributed by atoms with van der Waals surface area (Å²) >= 11 is 1.30. The minimum atomic E-state index is -0.153. The van der Waals surface area contributed by atoms with Crippen molar-refractivity contribution in [3.8, 4) is 0 Å². The van der Waals surface area contributed by atoms with Crippen LogP contribution in [0.15, 0.2) is 24.7 Å². The van der Waals surface area contributed by atoms with Crippen molar-refractivity contribution >= 4 is 39.1 Å². The van der Waals surface area contributed by atoms with E-state index in [1.54, 1.807) is 6.20 Å². The van der Waals surface area contributed by atoms with Crippen molar-refractivity contribution in [1.29, 1.82) is 0 Å². The molecule has 0 unspecified atom stereocenters. The van der Waals surface area contributed by atoms with Gasteiger partial charge in [-0.3, -0.25) is 9.78 Å². The lowest BCUT2D eigenvalue weighted by molar-refractivity contribution is 0.0696. The first-order valence-electron chi connectivity index (χ1n) is 9.01. The maximum atomic E-state index is 12.6. The van der Waals surface area contributed by atoms with Gasteiger partial charge < -0.3 is 15.0 Å². The molecule has 3 aromatic heterocycles. The Morgan fingerprint density at radius 2 is 2.15 bits per heavy atom. The van der Waals surface area contributed by atoms with E-state index in [0.29, 0.717) is 23.7 Å². The fraction of sp³-hybridized carbons (Fsp3) is 0.389. The molecule has 2 aliphatic heterocycles. The highest BCUT2D eigenvalue weighted by molar-refractivity contribution is 7.19. The third-order valence-corrected chi connectivity index (χ3v) is 5.87. The summed E-state index contributed by atoms with van der Waals surface area (Å²) in [5, 5.41) is 3.48. The predicted molar refractivity (Wildman–Crippen MR) is 101 cm³/mol. The van der Waals surface area contributed by atoms with E-state index in [2.05, 4.69) is 30.2 Å². The second-order valence-electron chi connectivity index (χ2n) is 6.60. The van der Waals surface area contributed by atoms with Gasteiger partial charge >= 0.3 is 0 Å². The normalized spacial score (nSPS) is 17.3. The third-order valence-electron chi connectivity index (χ3n) is 4.91. The highest BCUT2D eigenvalue weighted by atomic mass is 32.1. The molecule has 5 heterocycles. The van der Waals surface area contributed by atoms with Gasteiger partial charge in [-0.1, -0.05) is 11.3 Å². The van der Waals surface area contributed by atoms with Gasteiger partial charge in [0.15, 0.2) is 10.8 Å². The molecule has 1 fully saturated rings. The number of nitrogens with one attached hydrogen (secondary N) is 1. The standard InChI is InChI=1S/C18H18N6O2S/c25-16(22-11-4-8-26-9-5-11)18-23-14-15(20-10-21-17(14)27-18)24-7-3-12-13(24)2-1-6-19-12/h1-2,6,10-11H,3-5,7-9H2,(H,22,25). The molecule has 1 N–H and O–H groups in total. The van der Waals surface area contributed by atoms with E-state index in [1.807, 2.05) is 12.1 Å². The van der Waals surface area contributed by atoms with Crippen LogP contribution in [0, 0.1) is 0 Å². The average molecular weight is 382 g/mol. The number of nitrogens with zero attached hydrogens (tertiary/aromatic N) is 5. The molecule has 1 amide bonds. The van der Waals surface area contributed by atoms with E-state index in [-0.39, 0.29) is 11.9 Å². The van der Waals surface area contributed by atoms with Gasteiger partial charge in [-0.2, -0.15) is 0 Å². The van der Waals surface area contributed by atoms with Crippen LogP contribution in [0.3, 0.4) is 0 Å². The number of carbonyl (C=O) groups is 1. The van der Waals surface area contributed by atoms with E-state index in [1.165, 1.54) is 17.7 Å². The summed E-state index contributed by atoms with van der Waals surface area (Å²) in [6.07, 6.45) is 5.87. The van der Waals surface area contributed by atoms with Crippen molar-refractivity contribution in [1.82, 2.24) is 25.3 Å². The van der Waals surface area contributed by atoms with Crippen LogP contribution in [0.1, 0.15) is 28.3 Å². The fourth-order valence-corrected chi connectivity index (χ4v) is 4.36. The highest BCUT2D eigenvalue weighted by Crippen LogP contribution is 2.36. The quantitative estimate of drug-likeness (QED) is 0.741. The molecule has 0 bridgehead atoms. The average Bonchev–Trinajstić information content (AvgIpc) is 3.33. The van der Waals surface area contributed by atoms with Crippen LogP contribution < -0.4 is 10.2 Å². The van der Waals surface area contributed by atoms with Gasteiger partial charge in [-0.15, -0.1) is 0 Å². The maximum Gasteiger partial charge on any atom is 0.280 e. The summed E-state index contributed by atoms with van der Waals surface area (Å²) in [4.78, 5) is 33.3.